The fourth-order valence-corrected chi connectivity index (χ4v) is 0.603. The van der Waals surface area contributed by atoms with Gasteiger partial charge in [-0.25, -0.2) is 9.59 Å². The van der Waals surface area contributed by atoms with Gasteiger partial charge in [0, 0.05) is 6.08 Å². The van der Waals surface area contributed by atoms with Crippen molar-refractivity contribution >= 4 is 11.9 Å². The number of aliphatic hydroxyl groups is 1. The zero-order chi connectivity index (χ0) is 11.0. The van der Waals surface area contributed by atoms with E-state index in [2.05, 4.69) is 4.74 Å². The maximum absolute atomic E-state index is 11.1. The van der Waals surface area contributed by atoms with E-state index in [4.69, 9.17) is 10.2 Å². The maximum Gasteiger partial charge on any atom is 0.341 e. The molecule has 78 valence electrons. The first-order valence-corrected chi connectivity index (χ1v) is 4.04. The maximum atomic E-state index is 11.1. The Labute approximate surface area is 81.3 Å². The van der Waals surface area contributed by atoms with Crippen molar-refractivity contribution < 1.29 is 24.5 Å². The van der Waals surface area contributed by atoms with Crippen LogP contribution in [0.5, 0.6) is 0 Å². The molecule has 2 N–H and O–H groups in total. The highest BCUT2D eigenvalue weighted by molar-refractivity contribution is 5.93. The average Bonchev–Trinajstić information content (AvgIpc) is 2.15. The van der Waals surface area contributed by atoms with Crippen LogP contribution in [0.4, 0.5) is 0 Å². The summed E-state index contributed by atoms with van der Waals surface area (Å²) in [5.41, 5.74) is -0.194. The van der Waals surface area contributed by atoms with E-state index >= 15 is 0 Å². The molecule has 0 unspecified atom stereocenters. The summed E-state index contributed by atoms with van der Waals surface area (Å²) in [4.78, 5) is 21.2. The molecule has 0 aromatic heterocycles. The molecule has 0 aliphatic carbocycles. The van der Waals surface area contributed by atoms with E-state index in [-0.39, 0.29) is 12.2 Å². The van der Waals surface area contributed by atoms with Crippen molar-refractivity contribution in [3.63, 3.8) is 0 Å². The first kappa shape index (κ1) is 12.2. The van der Waals surface area contributed by atoms with Gasteiger partial charge in [0.2, 0.25) is 0 Å². The first-order chi connectivity index (χ1) is 6.61. The van der Waals surface area contributed by atoms with Crippen LogP contribution in [0, 0.1) is 0 Å². The van der Waals surface area contributed by atoms with E-state index in [1.165, 1.54) is 0 Å². The molecule has 0 heterocycles. The van der Waals surface area contributed by atoms with Crippen LogP contribution in [0.1, 0.15) is 13.3 Å². The van der Waals surface area contributed by atoms with Gasteiger partial charge in [0.25, 0.3) is 0 Å². The summed E-state index contributed by atoms with van der Waals surface area (Å²) in [6.07, 6.45) is 2.89. The van der Waals surface area contributed by atoms with E-state index in [0.29, 0.717) is 12.7 Å². The Bertz CT molecular complexity index is 264. The average molecular weight is 200 g/mol. The zero-order valence-corrected chi connectivity index (χ0v) is 7.77. The molecule has 0 aliphatic heterocycles. The van der Waals surface area contributed by atoms with Gasteiger partial charge in [0.15, 0.2) is 0 Å². The molecule has 0 saturated carbocycles. The Morgan fingerprint density at radius 3 is 2.43 bits per heavy atom. The quantitative estimate of drug-likeness (QED) is 0.299. The zero-order valence-electron chi connectivity index (χ0n) is 7.77. The van der Waals surface area contributed by atoms with Crippen molar-refractivity contribution in [2.45, 2.75) is 13.3 Å². The van der Waals surface area contributed by atoms with Crippen molar-refractivity contribution in [1.29, 1.82) is 0 Å². The molecule has 0 saturated heterocycles. The number of aliphatic carboxylic acids is 1. The molecule has 0 aliphatic rings. The molecule has 0 atom stereocenters. The molecule has 5 nitrogen and oxygen atoms in total. The van der Waals surface area contributed by atoms with E-state index in [1.807, 2.05) is 6.92 Å². The van der Waals surface area contributed by atoms with Gasteiger partial charge in [-0.1, -0.05) is 6.92 Å². The van der Waals surface area contributed by atoms with Gasteiger partial charge in [-0.05, 0) is 12.5 Å². The number of carbonyl (C=O) groups is 2. The van der Waals surface area contributed by atoms with Crippen molar-refractivity contribution in [2.24, 2.45) is 0 Å². The van der Waals surface area contributed by atoms with Crippen LogP contribution in [-0.2, 0) is 14.3 Å². The lowest BCUT2D eigenvalue weighted by Gasteiger charge is -2.01. The van der Waals surface area contributed by atoms with Gasteiger partial charge in [0.1, 0.15) is 0 Å². The number of carbonyl (C=O) groups excluding carboxylic acids is 1. The van der Waals surface area contributed by atoms with Crippen LogP contribution < -0.4 is 0 Å². The topological polar surface area (TPSA) is 83.8 Å². The molecular weight excluding hydrogens is 188 g/mol. The molecule has 0 rings (SSSR count). The molecule has 0 fully saturated rings. The second-order valence-electron chi connectivity index (χ2n) is 2.39. The third kappa shape index (κ3) is 4.97. The molecule has 0 radical (unpaired) electrons. The molecule has 5 heteroatoms. The number of carboxylic acids is 1. The fourth-order valence-electron chi connectivity index (χ4n) is 0.603. The number of hydrogen-bond donors (Lipinski definition) is 2. The highest BCUT2D eigenvalue weighted by atomic mass is 16.5. The summed E-state index contributed by atoms with van der Waals surface area (Å²) in [6, 6.07) is 0. The first-order valence-electron chi connectivity index (χ1n) is 4.04. The summed E-state index contributed by atoms with van der Waals surface area (Å²) in [6.45, 7) is 2.06. The lowest BCUT2D eigenvalue weighted by atomic mass is 10.2. The third-order valence-electron chi connectivity index (χ3n) is 1.22. The minimum atomic E-state index is -1.20. The number of aliphatic hydroxyl groups excluding tert-OH is 1. The highest BCUT2D eigenvalue weighted by Gasteiger charge is 2.07. The van der Waals surface area contributed by atoms with Crippen LogP contribution in [-0.4, -0.2) is 28.8 Å². The summed E-state index contributed by atoms with van der Waals surface area (Å²) < 4.78 is 4.67. The Morgan fingerprint density at radius 1 is 1.36 bits per heavy atom. The second kappa shape index (κ2) is 6.71. The predicted octanol–water partition coefficient (Wildman–Crippen LogP) is 1.02. The third-order valence-corrected chi connectivity index (χ3v) is 1.22. The minimum Gasteiger partial charge on any atom is -0.515 e. The van der Waals surface area contributed by atoms with Crippen LogP contribution >= 0.6 is 0 Å². The molecule has 14 heavy (non-hydrogen) atoms. The second-order valence-corrected chi connectivity index (χ2v) is 2.39. The SMILES string of the molecule is CCCOC(=O)C(C=CC(=O)O)=CO. The molecule has 0 aromatic rings. The number of esters is 1. The van der Waals surface area contributed by atoms with Crippen molar-refractivity contribution in [3.8, 4) is 0 Å². The molecule has 0 bridgehead atoms. The Kier molecular flexibility index (Phi) is 5.85. The smallest absolute Gasteiger partial charge is 0.341 e. The summed E-state index contributed by atoms with van der Waals surface area (Å²) in [5.74, 6) is -1.94. The van der Waals surface area contributed by atoms with Gasteiger partial charge in [-0.15, -0.1) is 0 Å². The van der Waals surface area contributed by atoms with Gasteiger partial charge >= 0.3 is 11.9 Å². The number of rotatable bonds is 5. The fraction of sp³-hybridized carbons (Fsp3) is 0.333. The normalized spacial score (nSPS) is 11.6. The number of hydrogen-bond acceptors (Lipinski definition) is 4. The molecular formula is C9H12O5. The van der Waals surface area contributed by atoms with Gasteiger partial charge in [-0.2, -0.15) is 0 Å². The molecule has 0 amide bonds. The monoisotopic (exact) mass is 200 g/mol. The number of carboxylic acid groups (broad SMARTS) is 1. The number of ether oxygens (including phenoxy) is 1. The highest BCUT2D eigenvalue weighted by Crippen LogP contribution is 2.00. The van der Waals surface area contributed by atoms with Crippen LogP contribution in [0.25, 0.3) is 0 Å². The van der Waals surface area contributed by atoms with Crippen molar-refractivity contribution in [3.05, 3.63) is 24.0 Å². The van der Waals surface area contributed by atoms with E-state index in [0.717, 1.165) is 12.2 Å². The predicted molar refractivity (Wildman–Crippen MR) is 48.7 cm³/mol. The Morgan fingerprint density at radius 2 is 2.00 bits per heavy atom. The minimum absolute atomic E-state index is 0.194. The van der Waals surface area contributed by atoms with Crippen molar-refractivity contribution in [2.75, 3.05) is 6.61 Å². The largest absolute Gasteiger partial charge is 0.515 e. The van der Waals surface area contributed by atoms with Crippen LogP contribution in [0.3, 0.4) is 0 Å². The van der Waals surface area contributed by atoms with E-state index in [9.17, 15) is 9.59 Å². The van der Waals surface area contributed by atoms with E-state index < -0.39 is 11.9 Å². The summed E-state index contributed by atoms with van der Waals surface area (Å²) >= 11 is 0. The van der Waals surface area contributed by atoms with Crippen molar-refractivity contribution in [1.82, 2.24) is 0 Å². The molecule has 0 spiro atoms. The Hall–Kier alpha value is -1.78. The van der Waals surface area contributed by atoms with E-state index in [1.54, 1.807) is 0 Å². The molecule has 0 aromatic carbocycles. The summed E-state index contributed by atoms with van der Waals surface area (Å²) in [5, 5.41) is 16.9. The van der Waals surface area contributed by atoms with Gasteiger partial charge in [0.05, 0.1) is 18.4 Å². The van der Waals surface area contributed by atoms with Gasteiger partial charge in [-0.3, -0.25) is 0 Å². The van der Waals surface area contributed by atoms with Crippen LogP contribution in [0.15, 0.2) is 24.0 Å². The standard InChI is InChI=1S/C9H12O5/c1-2-5-14-9(13)7(6-10)3-4-8(11)12/h3-4,6,10H,2,5H2,1H3,(H,11,12). The lowest BCUT2D eigenvalue weighted by molar-refractivity contribution is -0.138. The van der Waals surface area contributed by atoms with Gasteiger partial charge < -0.3 is 14.9 Å². The van der Waals surface area contributed by atoms with Crippen LogP contribution in [0.2, 0.25) is 0 Å². The summed E-state index contributed by atoms with van der Waals surface area (Å²) in [7, 11) is 0. The Balaban J connectivity index is 4.28. The lowest BCUT2D eigenvalue weighted by Crippen LogP contribution is -2.07.